The first-order valence-electron chi connectivity index (χ1n) is 11.2. The highest BCUT2D eigenvalue weighted by Gasteiger charge is 2.23. The van der Waals surface area contributed by atoms with Crippen molar-refractivity contribution in [3.05, 3.63) is 156 Å². The summed E-state index contributed by atoms with van der Waals surface area (Å²) in [4.78, 5) is 27.4. The van der Waals surface area contributed by atoms with Crippen molar-refractivity contribution in [2.24, 2.45) is 0 Å². The molecule has 162 valence electrons. The molecule has 5 aromatic carbocycles. The Hall–Kier alpha value is -4.56. The van der Waals surface area contributed by atoms with Crippen LogP contribution < -0.4 is 0 Å². The minimum Gasteiger partial charge on any atom is -0.289 e. The second kappa shape index (κ2) is 9.51. The number of ketones is 2. The zero-order chi connectivity index (χ0) is 23.3. The zero-order valence-electron chi connectivity index (χ0n) is 18.5. The summed E-state index contributed by atoms with van der Waals surface area (Å²) in [6.07, 6.45) is 0. The number of hydrogen-bond acceptors (Lipinski definition) is 2. The molecule has 0 unspecified atom stereocenters. The Bertz CT molecular complexity index is 1330. The lowest BCUT2D eigenvalue weighted by Gasteiger charge is -2.17. The van der Waals surface area contributed by atoms with Crippen LogP contribution in [0.1, 0.15) is 31.8 Å². The normalized spacial score (nSPS) is 10.6. The molecule has 0 aliphatic carbocycles. The Labute approximate surface area is 199 Å². The molecule has 0 atom stereocenters. The third-order valence-corrected chi connectivity index (χ3v) is 5.89. The first-order chi connectivity index (χ1) is 16.7. The van der Waals surface area contributed by atoms with Gasteiger partial charge in [-0.05, 0) is 34.4 Å². The van der Waals surface area contributed by atoms with Crippen molar-refractivity contribution < 1.29 is 9.59 Å². The van der Waals surface area contributed by atoms with Gasteiger partial charge in [0.05, 0.1) is 0 Å². The highest BCUT2D eigenvalue weighted by atomic mass is 16.1. The van der Waals surface area contributed by atoms with Gasteiger partial charge < -0.3 is 0 Å². The van der Waals surface area contributed by atoms with Crippen LogP contribution in [0.15, 0.2) is 133 Å². The SMILES string of the molecule is O=C(c1ccccc1)c1cc(-c2ccccc2)c(-c2ccccc2)cc1C(=O)c1ccccc1. The smallest absolute Gasteiger partial charge is 0.193 e. The zero-order valence-corrected chi connectivity index (χ0v) is 18.5. The summed E-state index contributed by atoms with van der Waals surface area (Å²) in [7, 11) is 0. The van der Waals surface area contributed by atoms with Crippen molar-refractivity contribution in [2.45, 2.75) is 0 Å². The molecule has 0 amide bonds. The Balaban J connectivity index is 1.80. The largest absolute Gasteiger partial charge is 0.289 e. The van der Waals surface area contributed by atoms with Crippen LogP contribution in [0.3, 0.4) is 0 Å². The van der Waals surface area contributed by atoms with E-state index in [1.54, 1.807) is 24.3 Å². The molecule has 0 saturated carbocycles. The lowest BCUT2D eigenvalue weighted by Crippen LogP contribution is -2.12. The van der Waals surface area contributed by atoms with Gasteiger partial charge in [-0.2, -0.15) is 0 Å². The molecule has 0 aliphatic rings. The molecule has 0 aliphatic heterocycles. The molecule has 2 nitrogen and oxygen atoms in total. The topological polar surface area (TPSA) is 34.1 Å². The Morgan fingerprint density at radius 1 is 0.382 bits per heavy atom. The number of benzene rings is 5. The fourth-order valence-electron chi connectivity index (χ4n) is 4.18. The molecular weight excluding hydrogens is 416 g/mol. The van der Waals surface area contributed by atoms with Gasteiger partial charge in [0.15, 0.2) is 11.6 Å². The van der Waals surface area contributed by atoms with Crippen LogP contribution in [0.4, 0.5) is 0 Å². The minimum atomic E-state index is -0.170. The summed E-state index contributed by atoms with van der Waals surface area (Å²) in [6.45, 7) is 0. The van der Waals surface area contributed by atoms with Crippen LogP contribution in [0.2, 0.25) is 0 Å². The van der Waals surface area contributed by atoms with Gasteiger partial charge in [-0.25, -0.2) is 0 Å². The van der Waals surface area contributed by atoms with Crippen molar-refractivity contribution in [1.82, 2.24) is 0 Å². The van der Waals surface area contributed by atoms with Gasteiger partial charge in [-0.3, -0.25) is 9.59 Å². The monoisotopic (exact) mass is 438 g/mol. The summed E-state index contributed by atoms with van der Waals surface area (Å²) in [5, 5.41) is 0. The van der Waals surface area contributed by atoms with E-state index in [-0.39, 0.29) is 11.6 Å². The highest BCUT2D eigenvalue weighted by Crippen LogP contribution is 2.36. The van der Waals surface area contributed by atoms with Gasteiger partial charge in [0, 0.05) is 22.3 Å². The molecule has 5 rings (SSSR count). The maximum atomic E-state index is 13.7. The van der Waals surface area contributed by atoms with E-state index < -0.39 is 0 Å². The molecule has 5 aromatic rings. The van der Waals surface area contributed by atoms with Crippen LogP contribution >= 0.6 is 0 Å². The number of carbonyl (C=O) groups is 2. The molecule has 34 heavy (non-hydrogen) atoms. The van der Waals surface area contributed by atoms with E-state index in [2.05, 4.69) is 0 Å². The molecule has 0 spiro atoms. The summed E-state index contributed by atoms with van der Waals surface area (Å²) in [5.74, 6) is -0.339. The van der Waals surface area contributed by atoms with E-state index >= 15 is 0 Å². The molecule has 0 bridgehead atoms. The van der Waals surface area contributed by atoms with Crippen molar-refractivity contribution in [2.75, 3.05) is 0 Å². The van der Waals surface area contributed by atoms with E-state index in [1.165, 1.54) is 0 Å². The lowest BCUT2D eigenvalue weighted by molar-refractivity contribution is 0.100. The molecular formula is C32H22O2. The van der Waals surface area contributed by atoms with E-state index in [0.29, 0.717) is 22.3 Å². The van der Waals surface area contributed by atoms with Crippen molar-refractivity contribution in [1.29, 1.82) is 0 Å². The summed E-state index contributed by atoms with van der Waals surface area (Å²) in [6, 6.07) is 41.9. The lowest BCUT2D eigenvalue weighted by atomic mass is 9.85. The molecule has 0 N–H and O–H groups in total. The number of hydrogen-bond donors (Lipinski definition) is 0. The summed E-state index contributed by atoms with van der Waals surface area (Å²) >= 11 is 0. The van der Waals surface area contributed by atoms with E-state index in [9.17, 15) is 9.59 Å². The molecule has 0 heterocycles. The van der Waals surface area contributed by atoms with Gasteiger partial charge in [0.25, 0.3) is 0 Å². The quantitative estimate of drug-likeness (QED) is 0.258. The standard InChI is InChI=1S/C32H22O2/c33-31(25-17-9-3-10-18-25)29-21-27(23-13-5-1-6-14-23)28(24-15-7-2-8-16-24)22-30(29)32(34)26-19-11-4-12-20-26/h1-22H. The van der Waals surface area contributed by atoms with Crippen LogP contribution in [0.5, 0.6) is 0 Å². The first kappa shape index (κ1) is 21.3. The van der Waals surface area contributed by atoms with Gasteiger partial charge in [-0.15, -0.1) is 0 Å². The molecule has 2 heteroatoms. The second-order valence-electron chi connectivity index (χ2n) is 8.07. The van der Waals surface area contributed by atoms with Gasteiger partial charge >= 0.3 is 0 Å². The Morgan fingerprint density at radius 3 is 1.00 bits per heavy atom. The van der Waals surface area contributed by atoms with Crippen LogP contribution in [0, 0.1) is 0 Å². The van der Waals surface area contributed by atoms with E-state index in [0.717, 1.165) is 22.3 Å². The van der Waals surface area contributed by atoms with E-state index in [1.807, 2.05) is 109 Å². The summed E-state index contributed by atoms with van der Waals surface area (Å²) in [5.41, 5.74) is 5.71. The van der Waals surface area contributed by atoms with E-state index in [4.69, 9.17) is 0 Å². The maximum absolute atomic E-state index is 13.7. The predicted molar refractivity (Wildman–Crippen MR) is 137 cm³/mol. The first-order valence-corrected chi connectivity index (χ1v) is 11.2. The van der Waals surface area contributed by atoms with Crippen molar-refractivity contribution >= 4 is 11.6 Å². The third-order valence-electron chi connectivity index (χ3n) is 5.89. The molecule has 0 saturated heterocycles. The average molecular weight is 439 g/mol. The Morgan fingerprint density at radius 2 is 0.676 bits per heavy atom. The van der Waals surface area contributed by atoms with Gasteiger partial charge in [-0.1, -0.05) is 121 Å². The average Bonchev–Trinajstić information content (AvgIpc) is 2.93. The highest BCUT2D eigenvalue weighted by molar-refractivity contribution is 6.21. The van der Waals surface area contributed by atoms with Crippen LogP contribution in [0.25, 0.3) is 22.3 Å². The minimum absolute atomic E-state index is 0.170. The fraction of sp³-hybridized carbons (Fsp3) is 0. The van der Waals surface area contributed by atoms with Crippen molar-refractivity contribution in [3.8, 4) is 22.3 Å². The second-order valence-corrected chi connectivity index (χ2v) is 8.07. The van der Waals surface area contributed by atoms with Crippen LogP contribution in [-0.4, -0.2) is 11.6 Å². The van der Waals surface area contributed by atoms with Crippen molar-refractivity contribution in [3.63, 3.8) is 0 Å². The summed E-state index contributed by atoms with van der Waals surface area (Å²) < 4.78 is 0. The van der Waals surface area contributed by atoms with Crippen LogP contribution in [-0.2, 0) is 0 Å². The van der Waals surface area contributed by atoms with Gasteiger partial charge in [0.1, 0.15) is 0 Å². The fourth-order valence-corrected chi connectivity index (χ4v) is 4.18. The Kier molecular flexibility index (Phi) is 5.96. The predicted octanol–water partition coefficient (Wildman–Crippen LogP) is 7.48. The molecule has 0 aromatic heterocycles. The van der Waals surface area contributed by atoms with Gasteiger partial charge in [0.2, 0.25) is 0 Å². The number of rotatable bonds is 6. The molecule has 0 radical (unpaired) electrons. The number of carbonyl (C=O) groups excluding carboxylic acids is 2. The maximum Gasteiger partial charge on any atom is 0.193 e. The molecule has 0 fully saturated rings. The third kappa shape index (κ3) is 4.22.